The summed E-state index contributed by atoms with van der Waals surface area (Å²) in [5.41, 5.74) is 4.30. The average Bonchev–Trinajstić information content (AvgIpc) is 2.47. The Labute approximate surface area is 140 Å². The van der Waals surface area contributed by atoms with Gasteiger partial charge in [0.15, 0.2) is 0 Å². The summed E-state index contributed by atoms with van der Waals surface area (Å²) >= 11 is 0. The van der Waals surface area contributed by atoms with Crippen LogP contribution in [0.2, 0.25) is 0 Å². The van der Waals surface area contributed by atoms with Gasteiger partial charge in [-0.15, -0.1) is 0 Å². The van der Waals surface area contributed by atoms with E-state index in [4.69, 9.17) is 4.74 Å². The Morgan fingerprint density at radius 3 is 2.04 bits per heavy atom. The number of pyridine rings is 2. The van der Waals surface area contributed by atoms with E-state index in [0.29, 0.717) is 6.61 Å². The molecule has 2 rings (SSSR count). The maximum absolute atomic E-state index is 11.0. The fourth-order valence-corrected chi connectivity index (χ4v) is 1.96. The molecule has 0 aliphatic carbocycles. The first kappa shape index (κ1) is 20.9. The van der Waals surface area contributed by atoms with Crippen LogP contribution in [0.15, 0.2) is 29.1 Å². The third kappa shape index (κ3) is 7.63. The third-order valence-corrected chi connectivity index (χ3v) is 3.01. The van der Waals surface area contributed by atoms with Gasteiger partial charge >= 0.3 is 0 Å². The van der Waals surface area contributed by atoms with Gasteiger partial charge < -0.3 is 9.30 Å². The molecule has 0 saturated carbocycles. The van der Waals surface area contributed by atoms with E-state index < -0.39 is 0 Å². The highest BCUT2D eigenvalue weighted by Crippen LogP contribution is 2.10. The molecule has 2 aromatic heterocycles. The largest absolute Gasteiger partial charge is 0.478 e. The van der Waals surface area contributed by atoms with Crippen molar-refractivity contribution < 1.29 is 4.74 Å². The van der Waals surface area contributed by atoms with Crippen molar-refractivity contribution >= 4 is 0 Å². The van der Waals surface area contributed by atoms with Crippen LogP contribution in [0.25, 0.3) is 0 Å². The number of ether oxygens (including phenoxy) is 1. The minimum atomic E-state index is 0.0671. The quantitative estimate of drug-likeness (QED) is 0.836. The van der Waals surface area contributed by atoms with Crippen molar-refractivity contribution in [3.05, 3.63) is 57.1 Å². The fourth-order valence-electron chi connectivity index (χ4n) is 1.96. The van der Waals surface area contributed by atoms with Gasteiger partial charge in [-0.25, -0.2) is 4.98 Å². The molecule has 23 heavy (non-hydrogen) atoms. The van der Waals surface area contributed by atoms with E-state index in [1.54, 1.807) is 17.7 Å². The predicted molar refractivity (Wildman–Crippen MR) is 97.4 cm³/mol. The van der Waals surface area contributed by atoms with Crippen LogP contribution in [-0.4, -0.2) is 16.2 Å². The maximum atomic E-state index is 11.0. The van der Waals surface area contributed by atoms with E-state index >= 15 is 0 Å². The lowest BCUT2D eigenvalue weighted by molar-refractivity contribution is 0.326. The maximum Gasteiger partial charge on any atom is 0.250 e. The summed E-state index contributed by atoms with van der Waals surface area (Å²) in [6.45, 7) is 14.5. The average molecular weight is 318 g/mol. The Balaban J connectivity index is 0.000000381. The highest BCUT2D eigenvalue weighted by molar-refractivity contribution is 5.23. The number of rotatable bonds is 2. The molecule has 4 nitrogen and oxygen atoms in total. The topological polar surface area (TPSA) is 44.1 Å². The van der Waals surface area contributed by atoms with Crippen LogP contribution in [0.1, 0.15) is 43.3 Å². The van der Waals surface area contributed by atoms with Gasteiger partial charge in [0.05, 0.1) is 6.61 Å². The summed E-state index contributed by atoms with van der Waals surface area (Å²) < 4.78 is 6.89. The first-order valence-electron chi connectivity index (χ1n) is 8.06. The summed E-state index contributed by atoms with van der Waals surface area (Å²) in [6, 6.07) is 7.59. The summed E-state index contributed by atoms with van der Waals surface area (Å²) in [7, 11) is 1.77. The molecule has 0 aromatic carbocycles. The molecule has 2 heterocycles. The second-order valence-corrected chi connectivity index (χ2v) is 5.13. The second kappa shape index (κ2) is 10.6. The smallest absolute Gasteiger partial charge is 0.250 e. The lowest BCUT2D eigenvalue weighted by Crippen LogP contribution is -2.17. The SMILES string of the molecule is CC.CCOc1cc(C)cc(C)n1.Cc1cc(C)n(C)c(=O)c1. The number of hydrogen-bond acceptors (Lipinski definition) is 3. The zero-order valence-electron chi connectivity index (χ0n) is 15.7. The molecule has 0 saturated heterocycles. The van der Waals surface area contributed by atoms with Crippen LogP contribution in [0, 0.1) is 27.7 Å². The van der Waals surface area contributed by atoms with E-state index in [9.17, 15) is 4.79 Å². The van der Waals surface area contributed by atoms with Crippen LogP contribution in [0.4, 0.5) is 0 Å². The van der Waals surface area contributed by atoms with Gasteiger partial charge in [-0.3, -0.25) is 4.79 Å². The molecule has 128 valence electrons. The van der Waals surface area contributed by atoms with Crippen molar-refractivity contribution in [3.8, 4) is 5.88 Å². The molecule has 0 unspecified atom stereocenters. The molecule has 0 atom stereocenters. The van der Waals surface area contributed by atoms with Crippen LogP contribution in [0.3, 0.4) is 0 Å². The minimum absolute atomic E-state index is 0.0671. The molecule has 0 amide bonds. The van der Waals surface area contributed by atoms with Crippen molar-refractivity contribution in [1.29, 1.82) is 0 Å². The van der Waals surface area contributed by atoms with E-state index in [1.807, 2.05) is 66.7 Å². The first-order valence-corrected chi connectivity index (χ1v) is 8.06. The predicted octanol–water partition coefficient (Wildman–Crippen LogP) is 4.13. The van der Waals surface area contributed by atoms with Crippen molar-refractivity contribution in [3.63, 3.8) is 0 Å². The van der Waals surface area contributed by atoms with Crippen LogP contribution in [0.5, 0.6) is 5.88 Å². The fraction of sp³-hybridized carbons (Fsp3) is 0.474. The zero-order chi connectivity index (χ0) is 18.0. The molecule has 4 heteroatoms. The molecule has 2 aromatic rings. The second-order valence-electron chi connectivity index (χ2n) is 5.13. The number of aromatic nitrogens is 2. The zero-order valence-corrected chi connectivity index (χ0v) is 15.7. The number of nitrogens with zero attached hydrogens (tertiary/aromatic N) is 2. The van der Waals surface area contributed by atoms with E-state index in [2.05, 4.69) is 4.98 Å². The van der Waals surface area contributed by atoms with Gasteiger partial charge in [0.25, 0.3) is 5.56 Å². The summed E-state index contributed by atoms with van der Waals surface area (Å²) in [5.74, 6) is 0.727. The van der Waals surface area contributed by atoms with Gasteiger partial charge in [-0.05, 0) is 57.9 Å². The Morgan fingerprint density at radius 1 is 1.00 bits per heavy atom. The van der Waals surface area contributed by atoms with E-state index in [0.717, 1.165) is 22.8 Å². The van der Waals surface area contributed by atoms with Crippen molar-refractivity contribution in [2.45, 2.75) is 48.5 Å². The van der Waals surface area contributed by atoms with Crippen molar-refractivity contribution in [1.82, 2.24) is 9.55 Å². The molecule has 0 radical (unpaired) electrons. The normalized spacial score (nSPS) is 9.22. The highest BCUT2D eigenvalue weighted by atomic mass is 16.5. The standard InChI is InChI=1S/C9H13NO.C8H11NO.C2H6/c1-4-11-9-6-7(2)5-8(3)10-9;1-6-4-7(2)9(3)8(10)5-6;1-2/h5-6H,4H2,1-3H3;4-5H,1-3H3;1-2H3. The lowest BCUT2D eigenvalue weighted by Gasteiger charge is -2.03. The molecule has 0 aliphatic heterocycles. The molecular formula is C19H30N2O2. The van der Waals surface area contributed by atoms with Gasteiger partial charge in [-0.1, -0.05) is 13.8 Å². The molecule has 0 fully saturated rings. The lowest BCUT2D eigenvalue weighted by atomic mass is 10.2. The number of aryl methyl sites for hydroxylation is 4. The Kier molecular flexibility index (Phi) is 9.63. The van der Waals surface area contributed by atoms with Crippen LogP contribution < -0.4 is 10.3 Å². The molecule has 0 bridgehead atoms. The van der Waals surface area contributed by atoms with Gasteiger partial charge in [0.2, 0.25) is 5.88 Å². The first-order chi connectivity index (χ1) is 10.8. The molecular weight excluding hydrogens is 288 g/mol. The Hall–Kier alpha value is -2.10. The molecule has 0 aliphatic rings. The summed E-state index contributed by atoms with van der Waals surface area (Å²) in [4.78, 5) is 15.2. The Bertz CT molecular complexity index is 641. The minimum Gasteiger partial charge on any atom is -0.478 e. The molecule has 0 spiro atoms. The Morgan fingerprint density at radius 2 is 1.57 bits per heavy atom. The highest BCUT2D eigenvalue weighted by Gasteiger charge is 1.95. The van der Waals surface area contributed by atoms with Crippen LogP contribution >= 0.6 is 0 Å². The summed E-state index contributed by atoms with van der Waals surface area (Å²) in [6.07, 6.45) is 0. The summed E-state index contributed by atoms with van der Waals surface area (Å²) in [5, 5.41) is 0. The van der Waals surface area contributed by atoms with Crippen molar-refractivity contribution in [2.24, 2.45) is 7.05 Å². The van der Waals surface area contributed by atoms with Crippen molar-refractivity contribution in [2.75, 3.05) is 6.61 Å². The van der Waals surface area contributed by atoms with E-state index in [1.165, 1.54) is 5.56 Å². The molecule has 0 N–H and O–H groups in total. The van der Waals surface area contributed by atoms with Gasteiger partial charge in [0.1, 0.15) is 0 Å². The third-order valence-electron chi connectivity index (χ3n) is 3.01. The van der Waals surface area contributed by atoms with E-state index in [-0.39, 0.29) is 5.56 Å². The van der Waals surface area contributed by atoms with Gasteiger partial charge in [-0.2, -0.15) is 0 Å². The van der Waals surface area contributed by atoms with Gasteiger partial charge in [0, 0.05) is 30.6 Å². The van der Waals surface area contributed by atoms with Crippen LogP contribution in [-0.2, 0) is 7.05 Å². The number of hydrogen-bond donors (Lipinski definition) is 0. The monoisotopic (exact) mass is 318 g/mol.